The van der Waals surface area contributed by atoms with Crippen LogP contribution in [-0.2, 0) is 16.1 Å². The normalized spacial score (nSPS) is 18.0. The molecule has 5 nitrogen and oxygen atoms in total. The van der Waals surface area contributed by atoms with Gasteiger partial charge < -0.3 is 10.1 Å². The van der Waals surface area contributed by atoms with Gasteiger partial charge in [-0.1, -0.05) is 29.8 Å². The minimum Gasteiger partial charge on any atom is -0.376 e. The van der Waals surface area contributed by atoms with Crippen LogP contribution in [0.15, 0.2) is 42.7 Å². The second-order valence-electron chi connectivity index (χ2n) is 5.78. The highest BCUT2D eigenvalue weighted by molar-refractivity contribution is 6.32. The summed E-state index contributed by atoms with van der Waals surface area (Å²) in [7, 11) is 0. The van der Waals surface area contributed by atoms with Gasteiger partial charge in [-0.2, -0.15) is 5.10 Å². The van der Waals surface area contributed by atoms with Gasteiger partial charge in [0.25, 0.3) is 0 Å². The number of hydrogen-bond donors (Lipinski definition) is 1. The number of carbonyl (C=O) groups excluding carboxylic acids is 1. The topological polar surface area (TPSA) is 56.2 Å². The van der Waals surface area contributed by atoms with Crippen molar-refractivity contribution < 1.29 is 9.53 Å². The second-order valence-corrected chi connectivity index (χ2v) is 6.19. The Balaban J connectivity index is 1.54. The number of benzene rings is 1. The Bertz CT molecular complexity index is 721. The highest BCUT2D eigenvalue weighted by Gasteiger charge is 2.15. The van der Waals surface area contributed by atoms with E-state index >= 15 is 0 Å². The molecule has 0 saturated carbocycles. The Kier molecular flexibility index (Phi) is 5.67. The lowest BCUT2D eigenvalue weighted by Gasteiger charge is -2.22. The van der Waals surface area contributed by atoms with E-state index in [1.54, 1.807) is 18.3 Å². The van der Waals surface area contributed by atoms with Gasteiger partial charge in [0.05, 0.1) is 24.5 Å². The maximum Gasteiger partial charge on any atom is 0.248 e. The van der Waals surface area contributed by atoms with E-state index in [1.165, 1.54) is 12.5 Å². The third-order valence-corrected chi connectivity index (χ3v) is 4.23. The van der Waals surface area contributed by atoms with E-state index in [-0.39, 0.29) is 12.0 Å². The SMILES string of the molecule is O=C(/C=C/c1ccccc1Cl)Nc1cnn(CC2CCCCO2)c1. The van der Waals surface area contributed by atoms with Gasteiger partial charge in [0.15, 0.2) is 0 Å². The van der Waals surface area contributed by atoms with Crippen molar-refractivity contribution in [3.63, 3.8) is 0 Å². The molecule has 0 aliphatic carbocycles. The molecule has 126 valence electrons. The van der Waals surface area contributed by atoms with E-state index in [1.807, 2.05) is 29.1 Å². The second kappa shape index (κ2) is 8.13. The summed E-state index contributed by atoms with van der Waals surface area (Å²) in [5.74, 6) is -0.219. The number of anilines is 1. The van der Waals surface area contributed by atoms with Crippen LogP contribution in [0, 0.1) is 0 Å². The number of aromatic nitrogens is 2. The zero-order chi connectivity index (χ0) is 16.8. The molecule has 1 amide bonds. The molecule has 0 spiro atoms. The largest absolute Gasteiger partial charge is 0.376 e. The third-order valence-electron chi connectivity index (χ3n) is 3.88. The van der Waals surface area contributed by atoms with Gasteiger partial charge in [-0.3, -0.25) is 9.48 Å². The van der Waals surface area contributed by atoms with Gasteiger partial charge in [0, 0.05) is 23.9 Å². The van der Waals surface area contributed by atoms with Crippen LogP contribution in [0.4, 0.5) is 5.69 Å². The van der Waals surface area contributed by atoms with Crippen molar-refractivity contribution in [1.82, 2.24) is 9.78 Å². The monoisotopic (exact) mass is 345 g/mol. The smallest absolute Gasteiger partial charge is 0.248 e. The van der Waals surface area contributed by atoms with Crippen LogP contribution in [-0.4, -0.2) is 28.4 Å². The predicted octanol–water partition coefficient (Wildman–Crippen LogP) is 3.76. The van der Waals surface area contributed by atoms with Gasteiger partial charge in [-0.05, 0) is 37.0 Å². The van der Waals surface area contributed by atoms with E-state index < -0.39 is 0 Å². The van der Waals surface area contributed by atoms with E-state index in [9.17, 15) is 4.79 Å². The van der Waals surface area contributed by atoms with Crippen molar-refractivity contribution in [1.29, 1.82) is 0 Å². The zero-order valence-electron chi connectivity index (χ0n) is 13.3. The number of hydrogen-bond acceptors (Lipinski definition) is 3. The molecule has 1 unspecified atom stereocenters. The number of amides is 1. The average molecular weight is 346 g/mol. The Morgan fingerprint density at radius 1 is 1.42 bits per heavy atom. The Hall–Kier alpha value is -2.11. The van der Waals surface area contributed by atoms with E-state index in [0.717, 1.165) is 25.0 Å². The van der Waals surface area contributed by atoms with Crippen molar-refractivity contribution >= 4 is 29.3 Å². The molecule has 6 heteroatoms. The van der Waals surface area contributed by atoms with Crippen molar-refractivity contribution in [3.05, 3.63) is 53.3 Å². The lowest BCUT2D eigenvalue weighted by molar-refractivity contribution is -0.111. The molecule has 1 aromatic carbocycles. The number of ether oxygens (including phenoxy) is 1. The molecule has 2 aromatic rings. The van der Waals surface area contributed by atoms with Crippen LogP contribution in [0.1, 0.15) is 24.8 Å². The van der Waals surface area contributed by atoms with Crippen LogP contribution >= 0.6 is 11.6 Å². The number of halogens is 1. The van der Waals surface area contributed by atoms with Crippen molar-refractivity contribution in [2.45, 2.75) is 31.9 Å². The fourth-order valence-electron chi connectivity index (χ4n) is 2.65. The zero-order valence-corrected chi connectivity index (χ0v) is 14.1. The molecule has 1 aromatic heterocycles. The van der Waals surface area contributed by atoms with E-state index in [2.05, 4.69) is 10.4 Å². The lowest BCUT2D eigenvalue weighted by Crippen LogP contribution is -2.24. The van der Waals surface area contributed by atoms with Gasteiger partial charge in [-0.25, -0.2) is 0 Å². The molecule has 1 saturated heterocycles. The first-order chi connectivity index (χ1) is 11.7. The maximum absolute atomic E-state index is 12.0. The molecule has 1 aliphatic rings. The first kappa shape index (κ1) is 16.7. The quantitative estimate of drug-likeness (QED) is 0.839. The Morgan fingerprint density at radius 3 is 3.08 bits per heavy atom. The number of nitrogens with zero attached hydrogens (tertiary/aromatic N) is 2. The summed E-state index contributed by atoms with van der Waals surface area (Å²) in [6.07, 6.45) is 10.2. The van der Waals surface area contributed by atoms with Gasteiger partial charge in [-0.15, -0.1) is 0 Å². The van der Waals surface area contributed by atoms with Crippen LogP contribution < -0.4 is 5.32 Å². The predicted molar refractivity (Wildman–Crippen MR) is 94.9 cm³/mol. The van der Waals surface area contributed by atoms with Gasteiger partial charge in [0.1, 0.15) is 0 Å². The summed E-state index contributed by atoms with van der Waals surface area (Å²) in [4.78, 5) is 12.0. The van der Waals surface area contributed by atoms with Crippen LogP contribution in [0.2, 0.25) is 5.02 Å². The summed E-state index contributed by atoms with van der Waals surface area (Å²) in [5, 5.41) is 7.68. The van der Waals surface area contributed by atoms with Crippen molar-refractivity contribution in [2.24, 2.45) is 0 Å². The van der Waals surface area contributed by atoms with E-state index in [4.69, 9.17) is 16.3 Å². The molecule has 3 rings (SSSR count). The Labute approximate surface area is 146 Å². The fourth-order valence-corrected chi connectivity index (χ4v) is 2.85. The average Bonchev–Trinajstić information content (AvgIpc) is 3.02. The van der Waals surface area contributed by atoms with Crippen molar-refractivity contribution in [3.8, 4) is 0 Å². The molecule has 0 radical (unpaired) electrons. The molecule has 1 aliphatic heterocycles. The third kappa shape index (κ3) is 4.69. The molecule has 1 N–H and O–H groups in total. The fraction of sp³-hybridized carbons (Fsp3) is 0.333. The first-order valence-electron chi connectivity index (χ1n) is 8.08. The molecule has 0 bridgehead atoms. The Morgan fingerprint density at radius 2 is 2.29 bits per heavy atom. The van der Waals surface area contributed by atoms with Crippen LogP contribution in [0.25, 0.3) is 6.08 Å². The van der Waals surface area contributed by atoms with Crippen molar-refractivity contribution in [2.75, 3.05) is 11.9 Å². The van der Waals surface area contributed by atoms with Gasteiger partial charge >= 0.3 is 0 Å². The summed E-state index contributed by atoms with van der Waals surface area (Å²) in [6.45, 7) is 1.54. The molecule has 2 heterocycles. The number of carbonyl (C=O) groups is 1. The van der Waals surface area contributed by atoms with Crippen LogP contribution in [0.5, 0.6) is 0 Å². The van der Waals surface area contributed by atoms with Crippen LogP contribution in [0.3, 0.4) is 0 Å². The number of nitrogens with one attached hydrogen (secondary N) is 1. The number of rotatable bonds is 5. The maximum atomic E-state index is 12.0. The summed E-state index contributed by atoms with van der Waals surface area (Å²) in [5.41, 5.74) is 1.47. The highest BCUT2D eigenvalue weighted by atomic mass is 35.5. The van der Waals surface area contributed by atoms with Gasteiger partial charge in [0.2, 0.25) is 5.91 Å². The standard InChI is InChI=1S/C18H20ClN3O2/c19-17-7-2-1-5-14(17)8-9-18(23)21-15-11-20-22(12-15)13-16-6-3-4-10-24-16/h1-2,5,7-9,11-12,16H,3-4,6,10,13H2,(H,21,23)/b9-8+. The minimum absolute atomic E-state index is 0.210. The van der Waals surface area contributed by atoms with E-state index in [0.29, 0.717) is 17.3 Å². The molecule has 24 heavy (non-hydrogen) atoms. The summed E-state index contributed by atoms with van der Waals surface area (Å²) >= 11 is 6.06. The molecular weight excluding hydrogens is 326 g/mol. The first-order valence-corrected chi connectivity index (χ1v) is 8.46. The summed E-state index contributed by atoms with van der Waals surface area (Å²) < 4.78 is 7.51. The molecule has 1 atom stereocenters. The highest BCUT2D eigenvalue weighted by Crippen LogP contribution is 2.17. The summed E-state index contributed by atoms with van der Waals surface area (Å²) in [6, 6.07) is 7.37. The molecular formula is C18H20ClN3O2. The minimum atomic E-state index is -0.219. The lowest BCUT2D eigenvalue weighted by atomic mass is 10.1. The molecule has 1 fully saturated rings.